The van der Waals surface area contributed by atoms with Crippen molar-refractivity contribution >= 4 is 17.3 Å². The van der Waals surface area contributed by atoms with E-state index in [4.69, 9.17) is 0 Å². The van der Waals surface area contributed by atoms with Gasteiger partial charge in [0.1, 0.15) is 11.4 Å². The predicted octanol–water partition coefficient (Wildman–Crippen LogP) is 4.11. The van der Waals surface area contributed by atoms with Gasteiger partial charge < -0.3 is 19.8 Å². The van der Waals surface area contributed by atoms with Gasteiger partial charge in [-0.05, 0) is 57.8 Å². The molecule has 4 rings (SSSR count). The quantitative estimate of drug-likeness (QED) is 0.697. The monoisotopic (exact) mass is 441 g/mol. The fourth-order valence-corrected chi connectivity index (χ4v) is 4.75. The zero-order chi connectivity index (χ0) is 22.7. The van der Waals surface area contributed by atoms with Crippen LogP contribution in [0.1, 0.15) is 37.3 Å². The van der Waals surface area contributed by atoms with Gasteiger partial charge in [-0.25, -0.2) is 9.18 Å². The Bertz CT molecular complexity index is 924. The van der Waals surface area contributed by atoms with E-state index in [1.54, 1.807) is 0 Å². The van der Waals surface area contributed by atoms with Gasteiger partial charge in [0.2, 0.25) is 0 Å². The maximum atomic E-state index is 15.2. The Morgan fingerprint density at radius 2 is 1.90 bits per heavy atom. The normalized spacial score (nSPS) is 22.6. The molecule has 2 aliphatic heterocycles. The predicted molar refractivity (Wildman–Crippen MR) is 110 cm³/mol. The van der Waals surface area contributed by atoms with Crippen molar-refractivity contribution in [2.45, 2.75) is 50.9 Å². The number of halogens is 4. The Labute approximate surface area is 178 Å². The van der Waals surface area contributed by atoms with E-state index >= 15 is 4.39 Å². The van der Waals surface area contributed by atoms with Gasteiger partial charge in [-0.15, -0.1) is 0 Å². The third-order valence-corrected chi connectivity index (χ3v) is 6.78. The lowest BCUT2D eigenvalue weighted by molar-refractivity contribution is -0.136. The lowest BCUT2D eigenvalue weighted by Crippen LogP contribution is -2.35. The van der Waals surface area contributed by atoms with Crippen LogP contribution in [-0.2, 0) is 17.4 Å². The number of carboxylic acids is 1. The van der Waals surface area contributed by atoms with Crippen LogP contribution in [0.2, 0.25) is 0 Å². The van der Waals surface area contributed by atoms with Crippen LogP contribution >= 0.6 is 0 Å². The van der Waals surface area contributed by atoms with Gasteiger partial charge in [-0.3, -0.25) is 0 Å². The van der Waals surface area contributed by atoms with Crippen LogP contribution in [0.5, 0.6) is 0 Å². The number of benzene rings is 1. The summed E-state index contributed by atoms with van der Waals surface area (Å²) in [5, 5.41) is 9.41. The highest BCUT2D eigenvalue weighted by Crippen LogP contribution is 2.51. The number of nitrogens with zero attached hydrogens (tertiary/aromatic N) is 3. The number of carbonyl (C=O) groups is 1. The van der Waals surface area contributed by atoms with Gasteiger partial charge >= 0.3 is 12.1 Å². The minimum absolute atomic E-state index is 0.0271. The van der Waals surface area contributed by atoms with Crippen LogP contribution in [0.15, 0.2) is 17.8 Å². The number of alkyl halides is 3. The second kappa shape index (κ2) is 7.69. The molecule has 0 unspecified atom stereocenters. The molecule has 0 aromatic heterocycles. The maximum Gasteiger partial charge on any atom is 0.420 e. The zero-order valence-electron chi connectivity index (χ0n) is 17.8. The highest BCUT2D eigenvalue weighted by molar-refractivity contribution is 5.90. The largest absolute Gasteiger partial charge is 0.478 e. The summed E-state index contributed by atoms with van der Waals surface area (Å²) < 4.78 is 58.4. The number of rotatable bonds is 5. The van der Waals surface area contributed by atoms with Crippen molar-refractivity contribution in [1.82, 2.24) is 4.90 Å². The van der Waals surface area contributed by atoms with E-state index in [2.05, 4.69) is 0 Å². The number of hydrogen-bond acceptors (Lipinski definition) is 4. The standard InChI is InChI=1S/C22H27F4N3O2/c1-12(27(2)3)13-6-7-28(10-13)20-17(23)9-14-8-15(21(30)31)11-29(16-4-5-16)19(14)18(20)22(24,25)26/h9,11-13,16H,4-8,10H2,1-3H3,(H,30,31)/t12-,13-/m1/s1. The Morgan fingerprint density at radius 3 is 2.45 bits per heavy atom. The summed E-state index contributed by atoms with van der Waals surface area (Å²) in [5.41, 5.74) is -1.41. The van der Waals surface area contributed by atoms with Crippen LogP contribution in [0, 0.1) is 11.7 Å². The Morgan fingerprint density at radius 1 is 1.23 bits per heavy atom. The first-order valence-electron chi connectivity index (χ1n) is 10.5. The van der Waals surface area contributed by atoms with Crippen molar-refractivity contribution in [2.24, 2.45) is 5.92 Å². The first-order valence-corrected chi connectivity index (χ1v) is 10.5. The molecule has 3 aliphatic rings. The van der Waals surface area contributed by atoms with Gasteiger partial charge in [0.25, 0.3) is 0 Å². The van der Waals surface area contributed by atoms with E-state index in [1.807, 2.05) is 25.9 Å². The van der Waals surface area contributed by atoms with Gasteiger partial charge in [0.05, 0.1) is 16.9 Å². The van der Waals surface area contributed by atoms with E-state index in [1.165, 1.54) is 16.0 Å². The molecule has 2 fully saturated rings. The van der Waals surface area contributed by atoms with Crippen LogP contribution < -0.4 is 9.80 Å². The third-order valence-electron chi connectivity index (χ3n) is 6.78. The summed E-state index contributed by atoms with van der Waals surface area (Å²) in [6.45, 7) is 2.72. The number of fused-ring (bicyclic) bond motifs is 1. The molecule has 2 atom stereocenters. The fraction of sp³-hybridized carbons (Fsp3) is 0.591. The number of anilines is 2. The van der Waals surface area contributed by atoms with E-state index < -0.39 is 29.2 Å². The molecule has 0 amide bonds. The molecule has 9 heteroatoms. The van der Waals surface area contributed by atoms with Crippen molar-refractivity contribution in [1.29, 1.82) is 0 Å². The molecular formula is C22H27F4N3O2. The number of carboxylic acid groups (broad SMARTS) is 1. The van der Waals surface area contributed by atoms with Crippen LogP contribution in [0.4, 0.5) is 28.9 Å². The summed E-state index contributed by atoms with van der Waals surface area (Å²) in [4.78, 5) is 16.5. The van der Waals surface area contributed by atoms with Crippen LogP contribution in [0.25, 0.3) is 0 Å². The summed E-state index contributed by atoms with van der Waals surface area (Å²) in [7, 11) is 3.85. The van der Waals surface area contributed by atoms with E-state index in [9.17, 15) is 23.1 Å². The molecule has 1 saturated heterocycles. The summed E-state index contributed by atoms with van der Waals surface area (Å²) in [6.07, 6.45) is -1.65. The van der Waals surface area contributed by atoms with Crippen LogP contribution in [0.3, 0.4) is 0 Å². The molecular weight excluding hydrogens is 414 g/mol. The van der Waals surface area contributed by atoms with Crippen LogP contribution in [-0.4, -0.2) is 55.2 Å². The van der Waals surface area contributed by atoms with Crippen molar-refractivity contribution in [3.8, 4) is 0 Å². The van der Waals surface area contributed by atoms with Crippen molar-refractivity contribution in [3.05, 3.63) is 34.8 Å². The SMILES string of the molecule is C[C@H]([C@@H]1CCN(c2c(F)cc3c(c2C(F)(F)F)N(C2CC2)C=C(C(=O)O)C3)C1)N(C)C. The Kier molecular flexibility index (Phi) is 5.44. The molecule has 1 aromatic carbocycles. The third kappa shape index (κ3) is 4.00. The lowest BCUT2D eigenvalue weighted by atomic mass is 9.93. The van der Waals surface area contributed by atoms with E-state index in [0.717, 1.165) is 6.07 Å². The average molecular weight is 441 g/mol. The first kappa shape index (κ1) is 21.9. The van der Waals surface area contributed by atoms with Crippen molar-refractivity contribution < 1.29 is 27.5 Å². The lowest BCUT2D eigenvalue weighted by Gasteiger charge is -2.35. The second-order valence-electron chi connectivity index (χ2n) is 9.06. The molecule has 1 saturated carbocycles. The second-order valence-corrected chi connectivity index (χ2v) is 9.06. The highest BCUT2D eigenvalue weighted by atomic mass is 19.4. The molecule has 1 aromatic rings. The van der Waals surface area contributed by atoms with Crippen molar-refractivity contribution in [2.75, 3.05) is 37.0 Å². The molecule has 0 spiro atoms. The van der Waals surface area contributed by atoms with Gasteiger partial charge in [-0.2, -0.15) is 13.2 Å². The minimum Gasteiger partial charge on any atom is -0.478 e. The molecule has 31 heavy (non-hydrogen) atoms. The Hall–Kier alpha value is -2.29. The van der Waals surface area contributed by atoms with Gasteiger partial charge in [-0.1, -0.05) is 0 Å². The molecule has 0 radical (unpaired) electrons. The minimum atomic E-state index is -4.77. The van der Waals surface area contributed by atoms with E-state index in [-0.39, 0.29) is 41.2 Å². The number of aliphatic carboxylic acids is 1. The highest BCUT2D eigenvalue weighted by Gasteiger charge is 2.46. The molecule has 170 valence electrons. The van der Waals surface area contributed by atoms with E-state index in [0.29, 0.717) is 32.4 Å². The van der Waals surface area contributed by atoms with Crippen molar-refractivity contribution in [3.63, 3.8) is 0 Å². The molecule has 0 bridgehead atoms. The van der Waals surface area contributed by atoms with Gasteiger partial charge in [0.15, 0.2) is 0 Å². The Balaban J connectivity index is 1.83. The molecule has 1 N–H and O–H groups in total. The average Bonchev–Trinajstić information content (AvgIpc) is 3.41. The number of hydrogen-bond donors (Lipinski definition) is 1. The molecule has 5 nitrogen and oxygen atoms in total. The summed E-state index contributed by atoms with van der Waals surface area (Å²) in [5.74, 6) is -2.01. The van der Waals surface area contributed by atoms with Gasteiger partial charge in [0, 0.05) is 37.8 Å². The smallest absolute Gasteiger partial charge is 0.420 e. The maximum absolute atomic E-state index is 15.2. The topological polar surface area (TPSA) is 47.0 Å². The molecule has 2 heterocycles. The fourth-order valence-electron chi connectivity index (χ4n) is 4.75. The molecule has 1 aliphatic carbocycles. The summed E-state index contributed by atoms with van der Waals surface area (Å²) in [6, 6.07) is 1.07. The summed E-state index contributed by atoms with van der Waals surface area (Å²) >= 11 is 0. The first-order chi connectivity index (χ1) is 14.5. The zero-order valence-corrected chi connectivity index (χ0v) is 17.8.